The molecule has 1 aliphatic rings. The highest BCUT2D eigenvalue weighted by atomic mass is 16.3. The standard InChI is InChI=1S/C15H16BN3O2/c16-9-3-4-11-10(6-9)12-13(21-11)15(20)19-14(18-12)8-2-1-5-17-7-8/h3-4,6,8,17H,1-2,5,7,16H2,(H,18,19,20). The summed E-state index contributed by atoms with van der Waals surface area (Å²) in [6, 6.07) is 5.90. The number of nitrogens with one attached hydrogen (secondary N) is 2. The Balaban J connectivity index is 1.96. The van der Waals surface area contributed by atoms with Crippen molar-refractivity contribution in [3.8, 4) is 0 Å². The van der Waals surface area contributed by atoms with Gasteiger partial charge in [0.25, 0.3) is 5.56 Å². The van der Waals surface area contributed by atoms with Crippen LogP contribution in [0.2, 0.25) is 0 Å². The number of aromatic amines is 1. The second-order valence-corrected chi connectivity index (χ2v) is 5.77. The zero-order valence-electron chi connectivity index (χ0n) is 11.9. The number of hydrogen-bond donors (Lipinski definition) is 2. The molecule has 0 bridgehead atoms. The van der Waals surface area contributed by atoms with Gasteiger partial charge < -0.3 is 14.7 Å². The number of fused-ring (bicyclic) bond motifs is 3. The lowest BCUT2D eigenvalue weighted by Crippen LogP contribution is -2.30. The molecule has 1 unspecified atom stereocenters. The summed E-state index contributed by atoms with van der Waals surface area (Å²) in [7, 11) is 2.03. The van der Waals surface area contributed by atoms with Gasteiger partial charge in [0.1, 0.15) is 24.8 Å². The number of nitrogens with zero attached hydrogens (tertiary/aromatic N) is 1. The normalized spacial score (nSPS) is 19.3. The number of H-pyrrole nitrogens is 1. The van der Waals surface area contributed by atoms with Crippen molar-refractivity contribution in [1.29, 1.82) is 0 Å². The van der Waals surface area contributed by atoms with Gasteiger partial charge in [-0.15, -0.1) is 0 Å². The smallest absolute Gasteiger partial charge is 0.294 e. The van der Waals surface area contributed by atoms with Gasteiger partial charge in [0.2, 0.25) is 5.58 Å². The van der Waals surface area contributed by atoms with Crippen LogP contribution in [0.3, 0.4) is 0 Å². The van der Waals surface area contributed by atoms with Gasteiger partial charge in [-0.05, 0) is 25.5 Å². The maximum absolute atomic E-state index is 12.3. The molecule has 1 aliphatic heterocycles. The molecule has 3 aromatic rings. The van der Waals surface area contributed by atoms with Crippen LogP contribution in [0.4, 0.5) is 0 Å². The lowest BCUT2D eigenvalue weighted by molar-refractivity contribution is 0.446. The van der Waals surface area contributed by atoms with Crippen LogP contribution in [0.5, 0.6) is 0 Å². The molecule has 1 aromatic carbocycles. The van der Waals surface area contributed by atoms with Gasteiger partial charge in [-0.3, -0.25) is 4.79 Å². The Bertz CT molecular complexity index is 878. The topological polar surface area (TPSA) is 70.9 Å². The first-order chi connectivity index (χ1) is 10.2. The van der Waals surface area contributed by atoms with Crippen LogP contribution in [-0.2, 0) is 0 Å². The van der Waals surface area contributed by atoms with Gasteiger partial charge >= 0.3 is 0 Å². The fourth-order valence-electron chi connectivity index (χ4n) is 3.06. The molecule has 4 rings (SSSR count). The van der Waals surface area contributed by atoms with Crippen LogP contribution >= 0.6 is 0 Å². The fourth-order valence-corrected chi connectivity index (χ4v) is 3.06. The summed E-state index contributed by atoms with van der Waals surface area (Å²) in [4.78, 5) is 19.9. The predicted molar refractivity (Wildman–Crippen MR) is 85.2 cm³/mol. The van der Waals surface area contributed by atoms with E-state index in [1.54, 1.807) is 0 Å². The molecule has 3 heterocycles. The van der Waals surface area contributed by atoms with Crippen LogP contribution in [0.1, 0.15) is 24.6 Å². The lowest BCUT2D eigenvalue weighted by atomic mass is 9.95. The number of aromatic nitrogens is 2. The van der Waals surface area contributed by atoms with E-state index in [1.807, 2.05) is 26.0 Å². The van der Waals surface area contributed by atoms with Crippen molar-refractivity contribution in [1.82, 2.24) is 15.3 Å². The molecule has 5 nitrogen and oxygen atoms in total. The Kier molecular flexibility index (Phi) is 2.85. The lowest BCUT2D eigenvalue weighted by Gasteiger charge is -2.21. The van der Waals surface area contributed by atoms with E-state index >= 15 is 0 Å². The summed E-state index contributed by atoms with van der Waals surface area (Å²) in [5.41, 5.74) is 2.66. The van der Waals surface area contributed by atoms with Crippen LogP contribution in [0, 0.1) is 0 Å². The fraction of sp³-hybridized carbons (Fsp3) is 0.333. The number of piperidine rings is 1. The largest absolute Gasteiger partial charge is 0.449 e. The van der Waals surface area contributed by atoms with E-state index in [4.69, 9.17) is 9.40 Å². The third-order valence-corrected chi connectivity index (χ3v) is 4.18. The predicted octanol–water partition coefficient (Wildman–Crippen LogP) is 0.395. The second kappa shape index (κ2) is 4.74. The maximum Gasteiger partial charge on any atom is 0.294 e. The molecule has 2 aromatic heterocycles. The van der Waals surface area contributed by atoms with E-state index in [0.717, 1.165) is 42.6 Å². The van der Waals surface area contributed by atoms with Gasteiger partial charge in [0, 0.05) is 17.8 Å². The molecule has 106 valence electrons. The van der Waals surface area contributed by atoms with Gasteiger partial charge in [-0.1, -0.05) is 17.6 Å². The molecule has 0 saturated carbocycles. The van der Waals surface area contributed by atoms with Crippen LogP contribution in [0.25, 0.3) is 22.1 Å². The summed E-state index contributed by atoms with van der Waals surface area (Å²) in [5, 5.41) is 4.27. The highest BCUT2D eigenvalue weighted by Gasteiger charge is 2.20. The minimum absolute atomic E-state index is 0.186. The molecule has 1 saturated heterocycles. The molecule has 21 heavy (non-hydrogen) atoms. The van der Waals surface area contributed by atoms with Crippen molar-refractivity contribution >= 4 is 35.4 Å². The first-order valence-electron chi connectivity index (χ1n) is 7.36. The number of furan rings is 1. The van der Waals surface area contributed by atoms with Crippen LogP contribution < -0.4 is 16.3 Å². The summed E-state index contributed by atoms with van der Waals surface area (Å²) in [5.74, 6) is 1.04. The third-order valence-electron chi connectivity index (χ3n) is 4.18. The molecule has 0 radical (unpaired) electrons. The average Bonchev–Trinajstić information content (AvgIpc) is 2.87. The zero-order chi connectivity index (χ0) is 14.4. The Labute approximate surface area is 122 Å². The first-order valence-corrected chi connectivity index (χ1v) is 7.36. The van der Waals surface area contributed by atoms with E-state index in [9.17, 15) is 4.79 Å². The Morgan fingerprint density at radius 2 is 2.29 bits per heavy atom. The molecular weight excluding hydrogens is 265 g/mol. The van der Waals surface area contributed by atoms with Crippen molar-refractivity contribution in [2.24, 2.45) is 0 Å². The van der Waals surface area contributed by atoms with Gasteiger partial charge in [-0.25, -0.2) is 4.98 Å². The van der Waals surface area contributed by atoms with E-state index in [1.165, 1.54) is 0 Å². The molecule has 1 atom stereocenters. The minimum Gasteiger partial charge on any atom is -0.449 e. The molecule has 0 amide bonds. The first kappa shape index (κ1) is 12.6. The highest BCUT2D eigenvalue weighted by Crippen LogP contribution is 2.26. The van der Waals surface area contributed by atoms with Crippen molar-refractivity contribution in [3.05, 3.63) is 34.4 Å². The summed E-state index contributed by atoms with van der Waals surface area (Å²) < 4.78 is 5.66. The zero-order valence-corrected chi connectivity index (χ0v) is 11.9. The van der Waals surface area contributed by atoms with E-state index in [0.29, 0.717) is 16.7 Å². The van der Waals surface area contributed by atoms with Gasteiger partial charge in [0.05, 0.1) is 0 Å². The summed E-state index contributed by atoms with van der Waals surface area (Å²) in [6.45, 7) is 1.90. The second-order valence-electron chi connectivity index (χ2n) is 5.77. The number of rotatable bonds is 1. The third kappa shape index (κ3) is 2.06. The van der Waals surface area contributed by atoms with Crippen molar-refractivity contribution in [3.63, 3.8) is 0 Å². The van der Waals surface area contributed by atoms with Crippen LogP contribution in [-0.4, -0.2) is 30.9 Å². The van der Waals surface area contributed by atoms with Crippen LogP contribution in [0.15, 0.2) is 27.4 Å². The monoisotopic (exact) mass is 281 g/mol. The van der Waals surface area contributed by atoms with Crippen molar-refractivity contribution in [2.45, 2.75) is 18.8 Å². The van der Waals surface area contributed by atoms with E-state index in [-0.39, 0.29) is 11.5 Å². The quantitative estimate of drug-likeness (QED) is 0.633. The van der Waals surface area contributed by atoms with Crippen molar-refractivity contribution in [2.75, 3.05) is 13.1 Å². The maximum atomic E-state index is 12.3. The van der Waals surface area contributed by atoms with Gasteiger partial charge in [-0.2, -0.15) is 0 Å². The van der Waals surface area contributed by atoms with Gasteiger partial charge in [0.15, 0.2) is 0 Å². The number of benzene rings is 1. The summed E-state index contributed by atoms with van der Waals surface area (Å²) in [6.07, 6.45) is 2.16. The molecular formula is C15H16BN3O2. The summed E-state index contributed by atoms with van der Waals surface area (Å²) >= 11 is 0. The minimum atomic E-state index is -0.186. The molecule has 1 fully saturated rings. The van der Waals surface area contributed by atoms with Crippen molar-refractivity contribution < 1.29 is 4.42 Å². The Morgan fingerprint density at radius 1 is 1.38 bits per heavy atom. The number of hydrogen-bond acceptors (Lipinski definition) is 4. The Morgan fingerprint density at radius 3 is 3.10 bits per heavy atom. The highest BCUT2D eigenvalue weighted by molar-refractivity contribution is 6.33. The Hall–Kier alpha value is -2.08. The molecule has 0 aliphatic carbocycles. The SMILES string of the molecule is Bc1ccc2oc3c(=O)[nH]c(C4CCCNC4)nc3c2c1. The molecule has 2 N–H and O–H groups in total. The molecule has 6 heteroatoms. The average molecular weight is 281 g/mol. The van der Waals surface area contributed by atoms with E-state index in [2.05, 4.69) is 10.3 Å². The van der Waals surface area contributed by atoms with E-state index < -0.39 is 0 Å². The molecule has 0 spiro atoms.